The van der Waals surface area contributed by atoms with Crippen LogP contribution in [-0.2, 0) is 4.79 Å². The summed E-state index contributed by atoms with van der Waals surface area (Å²) in [6.45, 7) is 5.62. The molecule has 1 saturated heterocycles. The molecule has 0 saturated carbocycles. The van der Waals surface area contributed by atoms with Crippen LogP contribution in [0, 0.1) is 0 Å². The van der Waals surface area contributed by atoms with Crippen LogP contribution in [0.3, 0.4) is 0 Å². The SMILES string of the molecule is CC(C)(O)C1CCCN1CC(=O)NCCOc1ccc(Cl)cc1. The van der Waals surface area contributed by atoms with Crippen molar-refractivity contribution >= 4 is 17.5 Å². The summed E-state index contributed by atoms with van der Waals surface area (Å²) in [5.74, 6) is 0.686. The van der Waals surface area contributed by atoms with Gasteiger partial charge in [-0.25, -0.2) is 0 Å². The van der Waals surface area contributed by atoms with Crippen molar-refractivity contribution in [3.8, 4) is 5.75 Å². The third-order valence-corrected chi connectivity index (χ3v) is 4.28. The van der Waals surface area contributed by atoms with Crippen molar-refractivity contribution in [1.82, 2.24) is 10.2 Å². The topological polar surface area (TPSA) is 61.8 Å². The lowest BCUT2D eigenvalue weighted by atomic mass is 9.97. The maximum Gasteiger partial charge on any atom is 0.234 e. The van der Waals surface area contributed by atoms with Crippen LogP contribution < -0.4 is 10.1 Å². The van der Waals surface area contributed by atoms with E-state index >= 15 is 0 Å². The third-order valence-electron chi connectivity index (χ3n) is 4.03. The minimum atomic E-state index is -0.783. The predicted octanol–water partition coefficient (Wildman–Crippen LogP) is 2.07. The van der Waals surface area contributed by atoms with Crippen molar-refractivity contribution in [2.24, 2.45) is 0 Å². The number of halogens is 1. The van der Waals surface area contributed by atoms with E-state index < -0.39 is 5.60 Å². The Labute approximate surface area is 142 Å². The Morgan fingerprint density at radius 3 is 2.78 bits per heavy atom. The Morgan fingerprint density at radius 2 is 2.13 bits per heavy atom. The number of rotatable bonds is 7. The van der Waals surface area contributed by atoms with Gasteiger partial charge in [-0.15, -0.1) is 0 Å². The normalized spacial score (nSPS) is 18.9. The molecular weight excluding hydrogens is 316 g/mol. The maximum atomic E-state index is 12.0. The average Bonchev–Trinajstić information content (AvgIpc) is 2.94. The van der Waals surface area contributed by atoms with E-state index in [9.17, 15) is 9.90 Å². The minimum Gasteiger partial charge on any atom is -0.492 e. The molecule has 2 N–H and O–H groups in total. The number of ether oxygens (including phenoxy) is 1. The van der Waals surface area contributed by atoms with Crippen molar-refractivity contribution in [2.75, 3.05) is 26.2 Å². The second kappa shape index (κ2) is 7.99. The Morgan fingerprint density at radius 1 is 1.43 bits per heavy atom. The zero-order valence-corrected chi connectivity index (χ0v) is 14.5. The van der Waals surface area contributed by atoms with Gasteiger partial charge in [-0.05, 0) is 57.5 Å². The molecule has 1 amide bonds. The molecular formula is C17H25ClN2O3. The molecule has 0 spiro atoms. The number of benzene rings is 1. The standard InChI is InChI=1S/C17H25ClN2O3/c1-17(2,22)15-4-3-10-20(15)12-16(21)19-9-11-23-14-7-5-13(18)6-8-14/h5-8,15,22H,3-4,9-12H2,1-2H3,(H,19,21). The zero-order chi connectivity index (χ0) is 16.9. The number of nitrogens with zero attached hydrogens (tertiary/aromatic N) is 1. The average molecular weight is 341 g/mol. The molecule has 1 atom stereocenters. The van der Waals surface area contributed by atoms with Crippen molar-refractivity contribution in [1.29, 1.82) is 0 Å². The summed E-state index contributed by atoms with van der Waals surface area (Å²) in [6, 6.07) is 7.16. The number of hydrogen-bond donors (Lipinski definition) is 2. The second-order valence-electron chi connectivity index (χ2n) is 6.43. The van der Waals surface area contributed by atoms with Gasteiger partial charge in [0.2, 0.25) is 5.91 Å². The van der Waals surface area contributed by atoms with Gasteiger partial charge in [-0.2, -0.15) is 0 Å². The first-order chi connectivity index (χ1) is 10.9. The van der Waals surface area contributed by atoms with Crippen LogP contribution in [0.4, 0.5) is 0 Å². The summed E-state index contributed by atoms with van der Waals surface area (Å²) in [5.41, 5.74) is -0.783. The largest absolute Gasteiger partial charge is 0.492 e. The highest BCUT2D eigenvalue weighted by atomic mass is 35.5. The van der Waals surface area contributed by atoms with Crippen LogP contribution in [0.1, 0.15) is 26.7 Å². The van der Waals surface area contributed by atoms with Crippen LogP contribution in [0.2, 0.25) is 5.02 Å². The van der Waals surface area contributed by atoms with E-state index in [4.69, 9.17) is 16.3 Å². The Bertz CT molecular complexity index is 514. The van der Waals surface area contributed by atoms with Crippen molar-refractivity contribution in [3.05, 3.63) is 29.3 Å². The van der Waals surface area contributed by atoms with Crippen LogP contribution in [0.5, 0.6) is 5.75 Å². The predicted molar refractivity (Wildman–Crippen MR) is 90.8 cm³/mol. The minimum absolute atomic E-state index is 0.0403. The molecule has 5 nitrogen and oxygen atoms in total. The number of likely N-dealkylation sites (tertiary alicyclic amines) is 1. The molecule has 2 rings (SSSR count). The van der Waals surface area contributed by atoms with E-state index in [1.54, 1.807) is 38.1 Å². The molecule has 0 bridgehead atoms. The molecule has 128 valence electrons. The van der Waals surface area contributed by atoms with E-state index in [1.165, 1.54) is 0 Å². The number of aliphatic hydroxyl groups is 1. The van der Waals surface area contributed by atoms with Gasteiger partial charge in [0.25, 0.3) is 0 Å². The van der Waals surface area contributed by atoms with Crippen molar-refractivity contribution in [2.45, 2.75) is 38.3 Å². The molecule has 1 aliphatic rings. The van der Waals surface area contributed by atoms with Gasteiger partial charge < -0.3 is 15.2 Å². The van der Waals surface area contributed by atoms with Gasteiger partial charge in [0, 0.05) is 11.1 Å². The molecule has 6 heteroatoms. The summed E-state index contributed by atoms with van der Waals surface area (Å²) in [7, 11) is 0. The van der Waals surface area contributed by atoms with Crippen LogP contribution in [0.25, 0.3) is 0 Å². The molecule has 1 heterocycles. The van der Waals surface area contributed by atoms with Gasteiger partial charge in [-0.1, -0.05) is 11.6 Å². The molecule has 1 aliphatic heterocycles. The lowest BCUT2D eigenvalue weighted by molar-refractivity contribution is -0.123. The van der Waals surface area contributed by atoms with Gasteiger partial charge in [0.05, 0.1) is 18.7 Å². The highest BCUT2D eigenvalue weighted by Crippen LogP contribution is 2.26. The molecule has 1 unspecified atom stereocenters. The fourth-order valence-electron chi connectivity index (χ4n) is 2.95. The molecule has 1 aromatic rings. The van der Waals surface area contributed by atoms with Gasteiger partial charge in [-0.3, -0.25) is 9.69 Å². The lowest BCUT2D eigenvalue weighted by Gasteiger charge is -2.33. The van der Waals surface area contributed by atoms with E-state index in [0.29, 0.717) is 24.7 Å². The number of hydrogen-bond acceptors (Lipinski definition) is 4. The van der Waals surface area contributed by atoms with E-state index in [0.717, 1.165) is 25.1 Å². The highest BCUT2D eigenvalue weighted by Gasteiger charge is 2.36. The van der Waals surface area contributed by atoms with E-state index in [2.05, 4.69) is 10.2 Å². The van der Waals surface area contributed by atoms with Crippen molar-refractivity contribution < 1.29 is 14.6 Å². The molecule has 1 aromatic carbocycles. The van der Waals surface area contributed by atoms with Crippen LogP contribution in [-0.4, -0.2) is 53.8 Å². The summed E-state index contributed by atoms with van der Waals surface area (Å²) in [6.07, 6.45) is 1.94. The van der Waals surface area contributed by atoms with Crippen LogP contribution >= 0.6 is 11.6 Å². The molecule has 0 aliphatic carbocycles. The summed E-state index contributed by atoms with van der Waals surface area (Å²) < 4.78 is 5.53. The summed E-state index contributed by atoms with van der Waals surface area (Å²) in [4.78, 5) is 14.1. The highest BCUT2D eigenvalue weighted by molar-refractivity contribution is 6.30. The maximum absolute atomic E-state index is 12.0. The number of amides is 1. The summed E-state index contributed by atoms with van der Waals surface area (Å²) >= 11 is 5.80. The molecule has 23 heavy (non-hydrogen) atoms. The fourth-order valence-corrected chi connectivity index (χ4v) is 3.07. The number of carbonyl (C=O) groups is 1. The smallest absolute Gasteiger partial charge is 0.234 e. The Hall–Kier alpha value is -1.30. The van der Waals surface area contributed by atoms with E-state index in [1.807, 2.05) is 0 Å². The lowest BCUT2D eigenvalue weighted by Crippen LogP contribution is -2.49. The van der Waals surface area contributed by atoms with Gasteiger partial charge in [0.1, 0.15) is 12.4 Å². The van der Waals surface area contributed by atoms with Crippen molar-refractivity contribution in [3.63, 3.8) is 0 Å². The number of carbonyl (C=O) groups excluding carboxylic acids is 1. The van der Waals surface area contributed by atoms with E-state index in [-0.39, 0.29) is 11.9 Å². The quantitative estimate of drug-likeness (QED) is 0.746. The zero-order valence-electron chi connectivity index (χ0n) is 13.7. The van der Waals surface area contributed by atoms with Gasteiger partial charge >= 0.3 is 0 Å². The molecule has 0 radical (unpaired) electrons. The van der Waals surface area contributed by atoms with Crippen LogP contribution in [0.15, 0.2) is 24.3 Å². The first kappa shape index (κ1) is 18.0. The fraction of sp³-hybridized carbons (Fsp3) is 0.588. The van der Waals surface area contributed by atoms with Gasteiger partial charge in [0.15, 0.2) is 0 Å². The second-order valence-corrected chi connectivity index (χ2v) is 6.87. The number of nitrogens with one attached hydrogen (secondary N) is 1. The Balaban J connectivity index is 1.68. The first-order valence-corrected chi connectivity index (χ1v) is 8.35. The molecule has 1 fully saturated rings. The summed E-state index contributed by atoms with van der Waals surface area (Å²) in [5, 5.41) is 13.7. The third kappa shape index (κ3) is 5.68. The molecule has 0 aromatic heterocycles. The first-order valence-electron chi connectivity index (χ1n) is 7.98. The Kier molecular flexibility index (Phi) is 6.27. The monoisotopic (exact) mass is 340 g/mol.